The smallest absolute Gasteiger partial charge is 0.326 e. The summed E-state index contributed by atoms with van der Waals surface area (Å²) in [7, 11) is 0. The Kier molecular flexibility index (Phi) is 8.12. The van der Waals surface area contributed by atoms with Crippen LogP contribution in [-0.4, -0.2) is 44.9 Å². The number of aliphatic carboxylic acids is 1. The SMILES string of the molecule is O=C(N[C@@H](Cc1ccc(NC(=O)[C@H]2CC[C@@H](Nc3ncc[nH]3)C2)cc1)C(=O)O)c1c(Cl)cccc1Cl. The molecule has 1 aliphatic carbocycles. The van der Waals surface area contributed by atoms with Gasteiger partial charge in [0.15, 0.2) is 5.95 Å². The van der Waals surface area contributed by atoms with E-state index in [9.17, 15) is 19.5 Å². The zero-order chi connectivity index (χ0) is 25.7. The number of anilines is 2. The van der Waals surface area contributed by atoms with E-state index >= 15 is 0 Å². The number of nitrogens with one attached hydrogen (secondary N) is 4. The zero-order valence-corrected chi connectivity index (χ0v) is 20.6. The maximum atomic E-state index is 12.7. The van der Waals surface area contributed by atoms with Gasteiger partial charge in [0.1, 0.15) is 6.04 Å². The fourth-order valence-electron chi connectivity index (χ4n) is 4.24. The Bertz CT molecular complexity index is 1210. The molecule has 3 atom stereocenters. The average molecular weight is 530 g/mol. The van der Waals surface area contributed by atoms with Crippen LogP contribution in [0.25, 0.3) is 0 Å². The van der Waals surface area contributed by atoms with Crippen molar-refractivity contribution >= 4 is 52.6 Å². The molecular weight excluding hydrogens is 505 g/mol. The highest BCUT2D eigenvalue weighted by molar-refractivity contribution is 6.39. The zero-order valence-electron chi connectivity index (χ0n) is 19.1. The van der Waals surface area contributed by atoms with Gasteiger partial charge in [-0.15, -0.1) is 0 Å². The van der Waals surface area contributed by atoms with Gasteiger partial charge in [-0.05, 0) is 49.1 Å². The number of carbonyl (C=O) groups is 3. The van der Waals surface area contributed by atoms with Crippen LogP contribution in [0.1, 0.15) is 35.2 Å². The quantitative estimate of drug-likeness (QED) is 0.279. The third-order valence-electron chi connectivity index (χ3n) is 6.10. The van der Waals surface area contributed by atoms with Gasteiger partial charge in [0.05, 0.1) is 15.6 Å². The first-order valence-corrected chi connectivity index (χ1v) is 12.2. The van der Waals surface area contributed by atoms with Crippen LogP contribution in [0, 0.1) is 5.92 Å². The fourth-order valence-corrected chi connectivity index (χ4v) is 4.81. The number of imidazole rings is 1. The van der Waals surface area contributed by atoms with Crippen molar-refractivity contribution < 1.29 is 19.5 Å². The van der Waals surface area contributed by atoms with Gasteiger partial charge < -0.3 is 26.0 Å². The lowest BCUT2D eigenvalue weighted by Crippen LogP contribution is -2.42. The first-order chi connectivity index (χ1) is 17.3. The summed E-state index contributed by atoms with van der Waals surface area (Å²) < 4.78 is 0. The first-order valence-electron chi connectivity index (χ1n) is 11.4. The summed E-state index contributed by atoms with van der Waals surface area (Å²) in [6.45, 7) is 0. The van der Waals surface area contributed by atoms with Crippen molar-refractivity contribution in [3.05, 3.63) is 76.0 Å². The van der Waals surface area contributed by atoms with Gasteiger partial charge in [0.2, 0.25) is 5.91 Å². The van der Waals surface area contributed by atoms with Crippen LogP contribution in [0.3, 0.4) is 0 Å². The van der Waals surface area contributed by atoms with Gasteiger partial charge in [0.25, 0.3) is 5.91 Å². The summed E-state index contributed by atoms with van der Waals surface area (Å²) in [4.78, 5) is 44.3. The molecule has 0 bridgehead atoms. The molecular formula is C25H25Cl2N5O4. The number of hydrogen-bond acceptors (Lipinski definition) is 5. The minimum atomic E-state index is -1.19. The second-order valence-electron chi connectivity index (χ2n) is 8.64. The molecule has 0 unspecified atom stereocenters. The van der Waals surface area contributed by atoms with Crippen molar-refractivity contribution in [2.75, 3.05) is 10.6 Å². The molecule has 2 amide bonds. The van der Waals surface area contributed by atoms with Crippen LogP contribution in [0.5, 0.6) is 0 Å². The number of aromatic amines is 1. The first kappa shape index (κ1) is 25.5. The molecule has 11 heteroatoms. The van der Waals surface area contributed by atoms with Crippen molar-refractivity contribution in [2.24, 2.45) is 5.92 Å². The van der Waals surface area contributed by atoms with Crippen LogP contribution in [0.2, 0.25) is 10.0 Å². The van der Waals surface area contributed by atoms with E-state index in [1.54, 1.807) is 42.7 Å². The van der Waals surface area contributed by atoms with E-state index < -0.39 is 17.9 Å². The van der Waals surface area contributed by atoms with Gasteiger partial charge in [-0.1, -0.05) is 41.4 Å². The Labute approximate surface area is 217 Å². The summed E-state index contributed by atoms with van der Waals surface area (Å²) in [5.74, 6) is -1.33. The van der Waals surface area contributed by atoms with E-state index in [1.807, 2.05) is 0 Å². The normalized spacial score (nSPS) is 17.8. The van der Waals surface area contributed by atoms with Gasteiger partial charge >= 0.3 is 5.97 Å². The van der Waals surface area contributed by atoms with Gasteiger partial charge in [-0.3, -0.25) is 9.59 Å². The number of amides is 2. The molecule has 9 nitrogen and oxygen atoms in total. The molecule has 4 rings (SSSR count). The molecule has 2 aromatic carbocycles. The molecule has 0 aliphatic heterocycles. The van der Waals surface area contributed by atoms with Crippen LogP contribution in [0.4, 0.5) is 11.6 Å². The highest BCUT2D eigenvalue weighted by Gasteiger charge is 2.30. The Morgan fingerprint density at radius 3 is 2.44 bits per heavy atom. The van der Waals surface area contributed by atoms with E-state index in [0.717, 1.165) is 12.8 Å². The molecule has 5 N–H and O–H groups in total. The predicted molar refractivity (Wildman–Crippen MR) is 137 cm³/mol. The number of rotatable bonds is 9. The van der Waals surface area contributed by atoms with E-state index in [-0.39, 0.29) is 39.9 Å². The number of H-pyrrole nitrogens is 1. The average Bonchev–Trinajstić information content (AvgIpc) is 3.52. The summed E-state index contributed by atoms with van der Waals surface area (Å²) in [5.41, 5.74) is 1.32. The maximum absolute atomic E-state index is 12.7. The Morgan fingerprint density at radius 2 is 1.81 bits per heavy atom. The summed E-state index contributed by atoms with van der Waals surface area (Å²) in [6.07, 6.45) is 5.82. The molecule has 1 saturated carbocycles. The number of carboxylic acid groups (broad SMARTS) is 1. The van der Waals surface area contributed by atoms with E-state index in [1.165, 1.54) is 12.1 Å². The van der Waals surface area contributed by atoms with E-state index in [4.69, 9.17) is 23.2 Å². The predicted octanol–water partition coefficient (Wildman–Crippen LogP) is 4.36. The summed E-state index contributed by atoms with van der Waals surface area (Å²) >= 11 is 12.1. The number of hydrogen-bond donors (Lipinski definition) is 5. The number of benzene rings is 2. The third-order valence-corrected chi connectivity index (χ3v) is 6.73. The lowest BCUT2D eigenvalue weighted by molar-refractivity contribution is -0.139. The summed E-state index contributed by atoms with van der Waals surface area (Å²) in [5, 5.41) is 18.6. The topological polar surface area (TPSA) is 136 Å². The van der Waals surface area contributed by atoms with E-state index in [2.05, 4.69) is 25.9 Å². The minimum Gasteiger partial charge on any atom is -0.480 e. The lowest BCUT2D eigenvalue weighted by Gasteiger charge is -2.16. The van der Waals surface area contributed by atoms with Crippen molar-refractivity contribution in [1.82, 2.24) is 15.3 Å². The largest absolute Gasteiger partial charge is 0.480 e. The maximum Gasteiger partial charge on any atom is 0.326 e. The van der Waals surface area contributed by atoms with Gasteiger partial charge in [-0.25, -0.2) is 9.78 Å². The minimum absolute atomic E-state index is 0.0265. The van der Waals surface area contributed by atoms with E-state index in [0.29, 0.717) is 23.6 Å². The van der Waals surface area contributed by atoms with Crippen molar-refractivity contribution in [1.29, 1.82) is 0 Å². The van der Waals surface area contributed by atoms with Gasteiger partial charge in [-0.2, -0.15) is 0 Å². The second kappa shape index (κ2) is 11.5. The monoisotopic (exact) mass is 529 g/mol. The molecule has 0 spiro atoms. The molecule has 0 radical (unpaired) electrons. The van der Waals surface area contributed by atoms with Crippen molar-refractivity contribution in [2.45, 2.75) is 37.8 Å². The molecule has 1 aliphatic rings. The summed E-state index contributed by atoms with van der Waals surface area (Å²) in [6, 6.07) is 10.5. The fraction of sp³-hybridized carbons (Fsp3) is 0.280. The Balaban J connectivity index is 1.32. The molecule has 0 saturated heterocycles. The van der Waals surface area contributed by atoms with Crippen LogP contribution in [0.15, 0.2) is 54.9 Å². The molecule has 36 heavy (non-hydrogen) atoms. The highest BCUT2D eigenvalue weighted by Crippen LogP contribution is 2.29. The molecule has 188 valence electrons. The van der Waals surface area contributed by atoms with Crippen LogP contribution < -0.4 is 16.0 Å². The molecule has 1 fully saturated rings. The number of nitrogens with zero attached hydrogens (tertiary/aromatic N) is 1. The highest BCUT2D eigenvalue weighted by atomic mass is 35.5. The molecule has 1 heterocycles. The van der Waals surface area contributed by atoms with Crippen molar-refractivity contribution in [3.63, 3.8) is 0 Å². The van der Waals surface area contributed by atoms with Crippen LogP contribution in [-0.2, 0) is 16.0 Å². The Hall–Kier alpha value is -3.56. The standard InChI is InChI=1S/C25H25Cl2N5O4/c26-18-2-1-3-19(27)21(18)23(34)32-20(24(35)36)12-14-4-7-16(8-5-14)30-22(33)15-6-9-17(13-15)31-25-28-10-11-29-25/h1-5,7-8,10-11,15,17,20H,6,9,12-13H2,(H,30,33)(H,32,34)(H,35,36)(H2,28,29,31)/t15-,17+,20-/m0/s1. The second-order valence-corrected chi connectivity index (χ2v) is 9.45. The molecule has 1 aromatic heterocycles. The van der Waals surface area contributed by atoms with Crippen LogP contribution >= 0.6 is 23.2 Å². The van der Waals surface area contributed by atoms with Crippen molar-refractivity contribution in [3.8, 4) is 0 Å². The lowest BCUT2D eigenvalue weighted by atomic mass is 10.0. The number of aromatic nitrogens is 2. The number of carboxylic acids is 1. The Morgan fingerprint density at radius 1 is 1.08 bits per heavy atom. The third kappa shape index (κ3) is 6.35. The van der Waals surface area contributed by atoms with Gasteiger partial charge in [0, 0.05) is 36.5 Å². The molecule has 3 aromatic rings. The number of halogens is 2. The number of carbonyl (C=O) groups excluding carboxylic acids is 2.